The van der Waals surface area contributed by atoms with Gasteiger partial charge in [0.05, 0.1) is 18.7 Å². The minimum atomic E-state index is -1.78. The molecule has 0 bridgehead atoms. The Labute approximate surface area is 671 Å². The number of phenolic OH excluding ortho intramolecular Hbond substituents is 2. The highest BCUT2D eigenvalue weighted by molar-refractivity contribution is 9.11. The van der Waals surface area contributed by atoms with Crippen LogP contribution in [0.1, 0.15) is 11.1 Å². The predicted molar refractivity (Wildman–Crippen MR) is 445 cm³/mol. The molecular formula is C86H53BBr2Cl7F5O8. The monoisotopic (exact) mass is 1720 g/mol. The highest BCUT2D eigenvalue weighted by Crippen LogP contribution is 2.48. The third kappa shape index (κ3) is 15.8. The first-order valence-electron chi connectivity index (χ1n) is 32.9. The molecule has 0 aliphatic rings. The van der Waals surface area contributed by atoms with Gasteiger partial charge in [0.2, 0.25) is 0 Å². The third-order valence-corrected chi connectivity index (χ3v) is 21.7. The SMILES string of the molecule is COc1ccc2c(-c3ccc(Cl)cc3F)c(C)ccc2c1-c1ccc(Cl)cc1F.COc1ccc2c(Br)c(C)ccc2c1Br.Clc1ccc2c(c1)oc1ccc3c(ccc4oc5cc(Cl)ccc5c43)c12.OB(O)c1ccc(Cl)cc1F.Oc1ccc2c(-c3ccc(Cl)cc3F)c(O)ccc2c1-c1ccc(Cl)cc1F. The Bertz CT molecular complexity index is 6270. The van der Waals surface area contributed by atoms with Crippen LogP contribution in [-0.4, -0.2) is 41.6 Å². The average Bonchev–Trinajstić information content (AvgIpc) is 1.69. The van der Waals surface area contributed by atoms with Crippen molar-refractivity contribution in [2.24, 2.45) is 0 Å². The molecule has 109 heavy (non-hydrogen) atoms. The van der Waals surface area contributed by atoms with Crippen molar-refractivity contribution in [3.05, 3.63) is 309 Å². The summed E-state index contributed by atoms with van der Waals surface area (Å²) in [5, 5.41) is 52.0. The van der Waals surface area contributed by atoms with Crippen LogP contribution in [0.5, 0.6) is 23.0 Å². The van der Waals surface area contributed by atoms with Crippen molar-refractivity contribution in [3.63, 3.8) is 0 Å². The molecule has 0 saturated carbocycles. The van der Waals surface area contributed by atoms with Crippen LogP contribution < -0.4 is 14.9 Å². The number of benzene rings is 15. The molecule has 23 heteroatoms. The van der Waals surface area contributed by atoms with Crippen molar-refractivity contribution in [1.82, 2.24) is 0 Å². The van der Waals surface area contributed by atoms with E-state index in [0.717, 1.165) is 115 Å². The normalized spacial score (nSPS) is 11.2. The highest BCUT2D eigenvalue weighted by atomic mass is 79.9. The molecule has 17 rings (SSSR count). The van der Waals surface area contributed by atoms with Gasteiger partial charge in [-0.25, -0.2) is 22.0 Å². The summed E-state index contributed by atoms with van der Waals surface area (Å²) in [6.07, 6.45) is 0. The van der Waals surface area contributed by atoms with Crippen molar-refractivity contribution in [2.75, 3.05) is 14.2 Å². The van der Waals surface area contributed by atoms with Gasteiger partial charge in [0.15, 0.2) is 0 Å². The summed E-state index contributed by atoms with van der Waals surface area (Å²) in [7, 11) is 1.42. The number of furan rings is 2. The molecule has 0 aliphatic carbocycles. The quantitative estimate of drug-likeness (QED) is 0.0918. The molecule has 0 fully saturated rings. The zero-order valence-corrected chi connectivity index (χ0v) is 65.6. The number of hydrogen-bond acceptors (Lipinski definition) is 8. The van der Waals surface area contributed by atoms with Gasteiger partial charge in [0.25, 0.3) is 0 Å². The lowest BCUT2D eigenvalue weighted by Crippen LogP contribution is -2.32. The summed E-state index contributed by atoms with van der Waals surface area (Å²) in [4.78, 5) is 0. The van der Waals surface area contributed by atoms with Crippen LogP contribution >= 0.6 is 113 Å². The number of aromatic hydroxyl groups is 2. The zero-order chi connectivity index (χ0) is 77.5. The van der Waals surface area contributed by atoms with Crippen molar-refractivity contribution in [2.45, 2.75) is 13.8 Å². The minimum Gasteiger partial charge on any atom is -0.507 e. The van der Waals surface area contributed by atoms with Crippen LogP contribution in [0.3, 0.4) is 0 Å². The van der Waals surface area contributed by atoms with Gasteiger partial charge in [-0.05, 0) is 276 Å². The number of methoxy groups -OCH3 is 2. The van der Waals surface area contributed by atoms with Gasteiger partial charge < -0.3 is 38.6 Å². The fourth-order valence-corrected chi connectivity index (χ4v) is 15.4. The van der Waals surface area contributed by atoms with Crippen LogP contribution in [0.15, 0.2) is 242 Å². The maximum Gasteiger partial charge on any atom is 0.491 e. The van der Waals surface area contributed by atoms with Gasteiger partial charge in [0.1, 0.15) is 74.4 Å². The van der Waals surface area contributed by atoms with E-state index in [4.69, 9.17) is 110 Å². The molecule has 8 nitrogen and oxygen atoms in total. The van der Waals surface area contributed by atoms with E-state index in [1.54, 1.807) is 49.6 Å². The summed E-state index contributed by atoms with van der Waals surface area (Å²) in [6, 6.07) is 62.2. The number of ether oxygens (including phenoxy) is 2. The Kier molecular flexibility index (Phi) is 23.4. The molecular weight excluding hydrogens is 1670 g/mol. The van der Waals surface area contributed by atoms with Gasteiger partial charge in [0, 0.05) is 123 Å². The second-order valence-corrected chi connectivity index (χ2v) is 29.5. The minimum absolute atomic E-state index is 0.140. The number of aryl methyl sites for hydroxylation is 2. The van der Waals surface area contributed by atoms with E-state index in [2.05, 4.69) is 69.1 Å². The first-order chi connectivity index (χ1) is 52.2. The summed E-state index contributed by atoms with van der Waals surface area (Å²) in [6.45, 7) is 4.00. The Balaban J connectivity index is 0.000000124. The van der Waals surface area contributed by atoms with E-state index >= 15 is 0 Å². The summed E-state index contributed by atoms with van der Waals surface area (Å²) < 4.78 is 96.2. The Morgan fingerprint density at radius 1 is 0.312 bits per heavy atom. The maximum atomic E-state index is 14.8. The molecule has 0 amide bonds. The summed E-state index contributed by atoms with van der Waals surface area (Å²) in [5.74, 6) is -1.73. The summed E-state index contributed by atoms with van der Waals surface area (Å²) in [5.41, 5.74) is 8.10. The molecule has 0 atom stereocenters. The fourth-order valence-electron chi connectivity index (χ4n) is 13.2. The number of halogens is 14. The van der Waals surface area contributed by atoms with Gasteiger partial charge >= 0.3 is 7.12 Å². The van der Waals surface area contributed by atoms with Crippen LogP contribution in [0.25, 0.3) is 131 Å². The van der Waals surface area contributed by atoms with E-state index < -0.39 is 36.2 Å². The van der Waals surface area contributed by atoms with Crippen LogP contribution in [0, 0.1) is 42.9 Å². The highest BCUT2D eigenvalue weighted by Gasteiger charge is 2.24. The standard InChI is InChI=1S/C24H16Cl2F2O.C22H12Cl2F2O2.C22H10Cl2O2.C12H10Br2O.C6H5BClFO2/c1-13-3-6-17-16(23(13)18-7-4-14(25)11-20(18)27)9-10-22(29-2)24(17)19-8-5-15(26)12-21(19)28;23-11-1-3-15(17(25)9-11)21-13-5-8-20(28)22(14(13)6-7-19(21)27)16-4-2-12(24)10-18(16)26;23-11-1-3-15-19(9-11)25-17-7-6-14-13(21(15)17)5-8-18-22(14)16-4-2-12(24)10-20(16)26-18;1-7-3-4-9-8(11(7)13)5-6-10(15-2)12(9)14;8-4-1-2-5(7(10)11)6(9)3-4/h3-12H,1-2H3;1-10,27-28H;1-10H;3-6H,1-2H3;1-3,10-11H. The van der Waals surface area contributed by atoms with E-state index in [1.165, 1.54) is 78.7 Å². The lowest BCUT2D eigenvalue weighted by Gasteiger charge is -2.17. The zero-order valence-electron chi connectivity index (χ0n) is 57.2. The number of phenols is 2. The largest absolute Gasteiger partial charge is 0.507 e. The van der Waals surface area contributed by atoms with Crippen molar-refractivity contribution < 1.29 is 60.5 Å². The van der Waals surface area contributed by atoms with Crippen molar-refractivity contribution in [3.8, 4) is 67.5 Å². The second-order valence-electron chi connectivity index (χ2n) is 24.9. The van der Waals surface area contributed by atoms with Crippen LogP contribution in [0.4, 0.5) is 22.0 Å². The van der Waals surface area contributed by atoms with Crippen molar-refractivity contribution in [1.29, 1.82) is 0 Å². The molecule has 0 unspecified atom stereocenters. The van der Waals surface area contributed by atoms with E-state index in [0.29, 0.717) is 53.3 Å². The third-order valence-electron chi connectivity index (χ3n) is 18.2. The molecule has 17 aromatic rings. The van der Waals surface area contributed by atoms with Gasteiger partial charge in [-0.15, -0.1) is 0 Å². The molecule has 0 spiro atoms. The maximum absolute atomic E-state index is 14.8. The smallest absolute Gasteiger partial charge is 0.491 e. The number of hydrogen-bond donors (Lipinski definition) is 4. The Hall–Kier alpha value is -9.24. The molecule has 0 radical (unpaired) electrons. The van der Waals surface area contributed by atoms with E-state index in [1.807, 2.05) is 79.7 Å². The molecule has 0 aliphatic heterocycles. The van der Waals surface area contributed by atoms with Crippen molar-refractivity contribution >= 4 is 213 Å². The Morgan fingerprint density at radius 3 is 1.07 bits per heavy atom. The molecule has 0 saturated heterocycles. The molecule has 2 heterocycles. The first kappa shape index (κ1) is 77.9. The molecule has 4 N–H and O–H groups in total. The van der Waals surface area contributed by atoms with Gasteiger partial charge in [-0.3, -0.25) is 0 Å². The average molecular weight is 1730 g/mol. The van der Waals surface area contributed by atoms with E-state index in [9.17, 15) is 32.2 Å². The molecule has 546 valence electrons. The number of rotatable bonds is 7. The lowest BCUT2D eigenvalue weighted by molar-refractivity contribution is 0.413. The predicted octanol–water partition coefficient (Wildman–Crippen LogP) is 28.0. The van der Waals surface area contributed by atoms with Crippen LogP contribution in [0.2, 0.25) is 35.2 Å². The molecule has 2 aromatic heterocycles. The fraction of sp³-hybridized carbons (Fsp3) is 0.0465. The topological polar surface area (TPSA) is 126 Å². The second kappa shape index (κ2) is 32.8. The first-order valence-corrected chi connectivity index (χ1v) is 37.1. The van der Waals surface area contributed by atoms with Crippen LogP contribution in [-0.2, 0) is 0 Å². The van der Waals surface area contributed by atoms with Gasteiger partial charge in [-0.2, -0.15) is 0 Å². The molecule has 15 aromatic carbocycles. The summed E-state index contributed by atoms with van der Waals surface area (Å²) >= 11 is 48.3. The van der Waals surface area contributed by atoms with E-state index in [-0.39, 0.29) is 54.3 Å². The Morgan fingerprint density at radius 2 is 0.633 bits per heavy atom. The van der Waals surface area contributed by atoms with Gasteiger partial charge in [-0.1, -0.05) is 118 Å². The lowest BCUT2D eigenvalue weighted by atomic mass is 9.80. The number of fused-ring (bicyclic) bond motifs is 12.